The van der Waals surface area contributed by atoms with Crippen molar-refractivity contribution in [2.75, 3.05) is 6.54 Å². The quantitative estimate of drug-likeness (QED) is 0.888. The largest absolute Gasteiger partial charge is 0.467 e. The van der Waals surface area contributed by atoms with E-state index in [1.165, 1.54) is 19.1 Å². The van der Waals surface area contributed by atoms with Crippen LogP contribution >= 0.6 is 0 Å². The van der Waals surface area contributed by atoms with Gasteiger partial charge >= 0.3 is 0 Å². The number of nitrogens with zero attached hydrogens (tertiary/aromatic N) is 1. The molecule has 2 aromatic rings. The number of rotatable bonds is 5. The number of hydrogen-bond donors (Lipinski definition) is 2. The van der Waals surface area contributed by atoms with Gasteiger partial charge in [-0.1, -0.05) is 12.8 Å². The Morgan fingerprint density at radius 3 is 2.90 bits per heavy atom. The zero-order valence-electron chi connectivity index (χ0n) is 11.9. The van der Waals surface area contributed by atoms with Gasteiger partial charge in [-0.15, -0.1) is 0 Å². The molecule has 21 heavy (non-hydrogen) atoms. The highest BCUT2D eigenvalue weighted by atomic mass is 16.4. The van der Waals surface area contributed by atoms with Crippen LogP contribution in [0.2, 0.25) is 0 Å². The summed E-state index contributed by atoms with van der Waals surface area (Å²) in [5, 5.41) is 12.7. The number of hydrogen-bond acceptors (Lipinski definition) is 3. The van der Waals surface area contributed by atoms with Crippen LogP contribution in [0.15, 0.2) is 41.1 Å². The first kappa shape index (κ1) is 13.9. The molecule has 1 aliphatic carbocycles. The monoisotopic (exact) mass is 288 g/mol. The summed E-state index contributed by atoms with van der Waals surface area (Å²) in [6, 6.07) is 7.56. The Hall–Kier alpha value is -2.01. The predicted octanol–water partition coefficient (Wildman–Crippen LogP) is 2.66. The Morgan fingerprint density at radius 2 is 2.19 bits per heavy atom. The molecular formula is C16H20N2O3. The summed E-state index contributed by atoms with van der Waals surface area (Å²) in [5.74, 6) is 0.305. The van der Waals surface area contributed by atoms with Gasteiger partial charge < -0.3 is 19.4 Å². The molecule has 2 aromatic heterocycles. The number of furan rings is 1. The summed E-state index contributed by atoms with van der Waals surface area (Å²) in [4.78, 5) is 12.3. The van der Waals surface area contributed by atoms with Crippen LogP contribution in [0.5, 0.6) is 0 Å². The summed E-state index contributed by atoms with van der Waals surface area (Å²) in [6.45, 7) is 0.141. The number of amides is 1. The van der Waals surface area contributed by atoms with Crippen molar-refractivity contribution in [1.82, 2.24) is 9.88 Å². The first-order valence-corrected chi connectivity index (χ1v) is 7.42. The highest BCUT2D eigenvalue weighted by Crippen LogP contribution is 2.30. The van der Waals surface area contributed by atoms with Gasteiger partial charge in [0.05, 0.1) is 12.8 Å². The minimum atomic E-state index is -0.821. The molecule has 2 N–H and O–H groups in total. The average molecular weight is 288 g/mol. The van der Waals surface area contributed by atoms with E-state index in [4.69, 9.17) is 4.42 Å². The second-order valence-electron chi connectivity index (χ2n) is 5.48. The zero-order chi connectivity index (χ0) is 14.7. The molecule has 5 nitrogen and oxygen atoms in total. The SMILES string of the molecule is O=C(NCC(O)c1ccco1)c1cccn1C1CCCC1. The lowest BCUT2D eigenvalue weighted by Crippen LogP contribution is -2.30. The molecule has 1 fully saturated rings. The van der Waals surface area contributed by atoms with Crippen LogP contribution in [-0.2, 0) is 0 Å². The molecule has 112 valence electrons. The van der Waals surface area contributed by atoms with Gasteiger partial charge in [-0.3, -0.25) is 4.79 Å². The number of aromatic nitrogens is 1. The molecule has 1 unspecified atom stereocenters. The van der Waals surface area contributed by atoms with E-state index in [-0.39, 0.29) is 12.5 Å². The first-order chi connectivity index (χ1) is 10.3. The highest BCUT2D eigenvalue weighted by Gasteiger charge is 2.21. The molecule has 3 rings (SSSR count). The van der Waals surface area contributed by atoms with E-state index >= 15 is 0 Å². The standard InChI is InChI=1S/C16H20N2O3/c19-14(15-8-4-10-21-15)11-17-16(20)13-7-3-9-18(13)12-5-1-2-6-12/h3-4,7-10,12,14,19H,1-2,5-6,11H2,(H,17,20). The maximum Gasteiger partial charge on any atom is 0.268 e. The van der Waals surface area contributed by atoms with Gasteiger partial charge in [0.1, 0.15) is 17.6 Å². The molecule has 0 radical (unpaired) electrons. The molecule has 0 aromatic carbocycles. The Labute approximate surface area is 123 Å². The lowest BCUT2D eigenvalue weighted by molar-refractivity contribution is 0.0890. The van der Waals surface area contributed by atoms with Gasteiger partial charge in [0, 0.05) is 12.2 Å². The van der Waals surface area contributed by atoms with E-state index in [0.717, 1.165) is 12.8 Å². The fraction of sp³-hybridized carbons (Fsp3) is 0.438. The van der Waals surface area contributed by atoms with Crippen molar-refractivity contribution in [2.24, 2.45) is 0 Å². The van der Waals surface area contributed by atoms with Crippen LogP contribution in [0.1, 0.15) is 54.1 Å². The molecule has 1 aliphatic rings. The lowest BCUT2D eigenvalue weighted by Gasteiger charge is -2.16. The molecule has 1 saturated carbocycles. The Kier molecular flexibility index (Phi) is 4.10. The van der Waals surface area contributed by atoms with Gasteiger partial charge in [-0.05, 0) is 37.1 Å². The fourth-order valence-corrected chi connectivity index (χ4v) is 2.95. The maximum absolute atomic E-state index is 12.3. The van der Waals surface area contributed by atoms with Gasteiger partial charge in [0.2, 0.25) is 0 Å². The molecule has 0 saturated heterocycles. The van der Waals surface area contributed by atoms with Crippen molar-refractivity contribution in [3.63, 3.8) is 0 Å². The van der Waals surface area contributed by atoms with Crippen LogP contribution < -0.4 is 5.32 Å². The van der Waals surface area contributed by atoms with E-state index in [1.54, 1.807) is 12.1 Å². The number of aliphatic hydroxyl groups is 1. The molecule has 1 atom stereocenters. The number of carbonyl (C=O) groups is 1. The zero-order valence-corrected chi connectivity index (χ0v) is 11.9. The molecule has 2 heterocycles. The smallest absolute Gasteiger partial charge is 0.268 e. The number of carbonyl (C=O) groups excluding carboxylic acids is 1. The summed E-state index contributed by atoms with van der Waals surface area (Å²) < 4.78 is 7.17. The molecule has 0 spiro atoms. The Balaban J connectivity index is 1.62. The summed E-state index contributed by atoms with van der Waals surface area (Å²) in [5.41, 5.74) is 0.661. The van der Waals surface area contributed by atoms with Crippen LogP contribution in [0.3, 0.4) is 0 Å². The highest BCUT2D eigenvalue weighted by molar-refractivity contribution is 5.92. The van der Waals surface area contributed by atoms with Crippen LogP contribution in [0, 0.1) is 0 Å². The van der Waals surface area contributed by atoms with Gasteiger partial charge in [-0.25, -0.2) is 0 Å². The minimum absolute atomic E-state index is 0.141. The maximum atomic E-state index is 12.3. The van der Waals surface area contributed by atoms with E-state index in [2.05, 4.69) is 9.88 Å². The average Bonchev–Trinajstić information content (AvgIpc) is 3.25. The lowest BCUT2D eigenvalue weighted by atomic mass is 10.2. The minimum Gasteiger partial charge on any atom is -0.467 e. The fourth-order valence-electron chi connectivity index (χ4n) is 2.95. The van der Waals surface area contributed by atoms with E-state index in [0.29, 0.717) is 17.5 Å². The third kappa shape index (κ3) is 3.03. The number of aliphatic hydroxyl groups excluding tert-OH is 1. The van der Waals surface area contributed by atoms with Gasteiger partial charge in [0.25, 0.3) is 5.91 Å². The van der Waals surface area contributed by atoms with E-state index < -0.39 is 6.10 Å². The van der Waals surface area contributed by atoms with Crippen molar-refractivity contribution in [1.29, 1.82) is 0 Å². The third-order valence-electron chi connectivity index (χ3n) is 4.06. The van der Waals surface area contributed by atoms with Crippen molar-refractivity contribution in [3.8, 4) is 0 Å². The normalized spacial score (nSPS) is 17.0. The third-order valence-corrected chi connectivity index (χ3v) is 4.06. The topological polar surface area (TPSA) is 67.4 Å². The van der Waals surface area contributed by atoms with Crippen LogP contribution in [0.4, 0.5) is 0 Å². The molecule has 1 amide bonds. The number of nitrogens with one attached hydrogen (secondary N) is 1. The van der Waals surface area contributed by atoms with Crippen molar-refractivity contribution >= 4 is 5.91 Å². The summed E-state index contributed by atoms with van der Waals surface area (Å²) in [6.07, 6.45) is 7.36. The summed E-state index contributed by atoms with van der Waals surface area (Å²) in [7, 11) is 0. The predicted molar refractivity (Wildman–Crippen MR) is 77.9 cm³/mol. The molecular weight excluding hydrogens is 268 g/mol. The summed E-state index contributed by atoms with van der Waals surface area (Å²) >= 11 is 0. The second kappa shape index (κ2) is 6.18. The van der Waals surface area contributed by atoms with Gasteiger partial charge in [0.15, 0.2) is 0 Å². The van der Waals surface area contributed by atoms with Crippen molar-refractivity contribution in [2.45, 2.75) is 37.8 Å². The van der Waals surface area contributed by atoms with Crippen LogP contribution in [-0.4, -0.2) is 22.1 Å². The van der Waals surface area contributed by atoms with E-state index in [1.807, 2.05) is 18.3 Å². The van der Waals surface area contributed by atoms with Crippen molar-refractivity contribution in [3.05, 3.63) is 48.2 Å². The Bertz CT molecular complexity index is 582. The van der Waals surface area contributed by atoms with Gasteiger partial charge in [-0.2, -0.15) is 0 Å². The molecule has 0 aliphatic heterocycles. The first-order valence-electron chi connectivity index (χ1n) is 7.42. The van der Waals surface area contributed by atoms with E-state index in [9.17, 15) is 9.90 Å². The van der Waals surface area contributed by atoms with Crippen molar-refractivity contribution < 1.29 is 14.3 Å². The molecule has 0 bridgehead atoms. The second-order valence-corrected chi connectivity index (χ2v) is 5.48. The van der Waals surface area contributed by atoms with Crippen LogP contribution in [0.25, 0.3) is 0 Å². The molecule has 5 heteroatoms. The Morgan fingerprint density at radius 1 is 1.38 bits per heavy atom.